The molecule has 1 aliphatic heterocycles. The molecule has 1 heterocycles. The lowest BCUT2D eigenvalue weighted by atomic mass is 9.45. The van der Waals surface area contributed by atoms with Crippen LogP contribution in [0.2, 0.25) is 0 Å². The van der Waals surface area contributed by atoms with Crippen LogP contribution in [0.15, 0.2) is 60.2 Å². The first-order chi connectivity index (χ1) is 17.0. The van der Waals surface area contributed by atoms with E-state index in [2.05, 4.69) is 20.4 Å². The lowest BCUT2D eigenvalue weighted by Crippen LogP contribution is -2.60. The minimum Gasteiger partial charge on any atom is -0.344 e. The van der Waals surface area contributed by atoms with E-state index >= 15 is 0 Å². The molecule has 3 saturated carbocycles. The molecule has 1 aromatic rings. The number of ether oxygens (including phenoxy) is 2. The largest absolute Gasteiger partial charge is 0.344 e. The van der Waals surface area contributed by atoms with Crippen LogP contribution in [0, 0.1) is 28.6 Å². The van der Waals surface area contributed by atoms with Crippen molar-refractivity contribution in [3.63, 3.8) is 0 Å². The highest BCUT2D eigenvalue weighted by Crippen LogP contribution is 2.71. The van der Waals surface area contributed by atoms with Gasteiger partial charge in [0.1, 0.15) is 0 Å². The summed E-state index contributed by atoms with van der Waals surface area (Å²) in [6, 6.07) is 9.96. The molecule has 1 saturated heterocycles. The molecule has 4 nitrogen and oxygen atoms in total. The van der Waals surface area contributed by atoms with Crippen LogP contribution in [0.1, 0.15) is 71.8 Å². The van der Waals surface area contributed by atoms with Crippen molar-refractivity contribution in [2.75, 3.05) is 0 Å². The highest BCUT2D eigenvalue weighted by Gasteiger charge is 2.75. The Balaban J connectivity index is 1.39. The van der Waals surface area contributed by atoms with Gasteiger partial charge in [-0.15, -0.1) is 0 Å². The summed E-state index contributed by atoms with van der Waals surface area (Å²) in [5, 5.41) is 0. The molecule has 0 aromatic heterocycles. The molecule has 0 spiro atoms. The number of fused-ring (bicyclic) bond motifs is 7. The maximum atomic E-state index is 14.2. The van der Waals surface area contributed by atoms with E-state index in [1.54, 1.807) is 6.08 Å². The third-order valence-corrected chi connectivity index (χ3v) is 10.5. The quantitative estimate of drug-likeness (QED) is 0.460. The van der Waals surface area contributed by atoms with E-state index in [-0.39, 0.29) is 28.5 Å². The van der Waals surface area contributed by atoms with Crippen molar-refractivity contribution < 1.29 is 19.1 Å². The van der Waals surface area contributed by atoms with Gasteiger partial charge in [0.15, 0.2) is 23.0 Å². The van der Waals surface area contributed by atoms with E-state index in [4.69, 9.17) is 9.47 Å². The highest BCUT2D eigenvalue weighted by molar-refractivity contribution is 6.02. The summed E-state index contributed by atoms with van der Waals surface area (Å²) in [5.41, 5.74) is 1.97. The second-order valence-corrected chi connectivity index (χ2v) is 12.8. The first-order valence-corrected chi connectivity index (χ1v) is 13.6. The number of carbonyl (C=O) groups excluding carboxylic acids is 2. The highest BCUT2D eigenvalue weighted by atomic mass is 16.8. The monoisotopic (exact) mass is 486 g/mol. The van der Waals surface area contributed by atoms with Gasteiger partial charge in [-0.25, -0.2) is 0 Å². The maximum absolute atomic E-state index is 14.2. The Kier molecular flexibility index (Phi) is 5.25. The molecular weight excluding hydrogens is 448 g/mol. The summed E-state index contributed by atoms with van der Waals surface area (Å²) in [5.74, 6) is 0.661. The summed E-state index contributed by atoms with van der Waals surface area (Å²) in [6.45, 7) is 13.0. The SMILES string of the molecule is C=C1C[C@@H]2[C@H](CC[C@@]3(C)[C@H]2C[C@@H]2OC(C)(C)O[C@]23C(=O)/C=C/c2ccccc2)[C@@]2(C)CCC(=O)C=C12. The molecule has 6 rings (SSSR count). The summed E-state index contributed by atoms with van der Waals surface area (Å²) < 4.78 is 13.2. The van der Waals surface area contributed by atoms with Crippen molar-refractivity contribution in [1.29, 1.82) is 0 Å². The number of ketones is 2. The first-order valence-electron chi connectivity index (χ1n) is 13.6. The zero-order chi connectivity index (χ0) is 25.5. The Morgan fingerprint density at radius 2 is 1.83 bits per heavy atom. The Hall–Kier alpha value is -2.30. The zero-order valence-electron chi connectivity index (χ0n) is 22.0. The lowest BCUT2D eigenvalue weighted by Gasteiger charge is -2.59. The fourth-order valence-electron chi connectivity index (χ4n) is 8.96. The van der Waals surface area contributed by atoms with Crippen molar-refractivity contribution in [2.24, 2.45) is 28.6 Å². The van der Waals surface area contributed by atoms with Gasteiger partial charge in [-0.3, -0.25) is 9.59 Å². The minimum absolute atomic E-state index is 0.0156. The molecule has 5 aliphatic rings. The molecular formula is C32H38O4. The average Bonchev–Trinajstić information content (AvgIpc) is 3.25. The first kappa shape index (κ1) is 24.1. The van der Waals surface area contributed by atoms with Gasteiger partial charge in [0, 0.05) is 11.8 Å². The molecule has 4 fully saturated rings. The number of carbonyl (C=O) groups is 2. The van der Waals surface area contributed by atoms with E-state index in [0.717, 1.165) is 43.2 Å². The molecule has 0 bridgehead atoms. The maximum Gasteiger partial charge on any atom is 0.190 e. The van der Waals surface area contributed by atoms with Crippen molar-refractivity contribution in [2.45, 2.75) is 83.7 Å². The number of hydrogen-bond acceptors (Lipinski definition) is 4. The van der Waals surface area contributed by atoms with Crippen molar-refractivity contribution >= 4 is 17.6 Å². The molecule has 7 atom stereocenters. The second kappa shape index (κ2) is 7.85. The topological polar surface area (TPSA) is 52.6 Å². The van der Waals surface area contributed by atoms with Crippen LogP contribution >= 0.6 is 0 Å². The Labute approximate surface area is 214 Å². The smallest absolute Gasteiger partial charge is 0.190 e. The van der Waals surface area contributed by atoms with Gasteiger partial charge in [-0.2, -0.15) is 0 Å². The van der Waals surface area contributed by atoms with Gasteiger partial charge in [0.05, 0.1) is 6.10 Å². The van der Waals surface area contributed by atoms with Gasteiger partial charge < -0.3 is 9.47 Å². The predicted octanol–water partition coefficient (Wildman–Crippen LogP) is 6.47. The Morgan fingerprint density at radius 3 is 2.58 bits per heavy atom. The third-order valence-electron chi connectivity index (χ3n) is 10.5. The minimum atomic E-state index is -0.988. The van der Waals surface area contributed by atoms with Crippen LogP contribution in [0.25, 0.3) is 6.08 Å². The molecule has 190 valence electrons. The van der Waals surface area contributed by atoms with Crippen LogP contribution in [0.5, 0.6) is 0 Å². The molecule has 0 N–H and O–H groups in total. The van der Waals surface area contributed by atoms with E-state index in [0.29, 0.717) is 24.2 Å². The molecule has 0 radical (unpaired) electrons. The van der Waals surface area contributed by atoms with E-state index in [1.165, 1.54) is 5.57 Å². The van der Waals surface area contributed by atoms with E-state index in [9.17, 15) is 9.59 Å². The summed E-state index contributed by atoms with van der Waals surface area (Å²) in [4.78, 5) is 26.4. The fraction of sp³-hybridized carbons (Fsp3) is 0.562. The van der Waals surface area contributed by atoms with Gasteiger partial charge in [-0.05, 0) is 92.4 Å². The van der Waals surface area contributed by atoms with E-state index in [1.807, 2.05) is 56.3 Å². The number of hydrogen-bond donors (Lipinski definition) is 0. The normalized spacial score (nSPS) is 42.9. The van der Waals surface area contributed by atoms with Gasteiger partial charge in [0.2, 0.25) is 0 Å². The van der Waals surface area contributed by atoms with Crippen LogP contribution in [-0.2, 0) is 19.1 Å². The van der Waals surface area contributed by atoms with Gasteiger partial charge >= 0.3 is 0 Å². The number of benzene rings is 1. The summed E-state index contributed by atoms with van der Waals surface area (Å²) in [7, 11) is 0. The van der Waals surface area contributed by atoms with Crippen molar-refractivity contribution in [3.05, 3.63) is 65.8 Å². The molecule has 4 heteroatoms. The van der Waals surface area contributed by atoms with Crippen LogP contribution in [0.4, 0.5) is 0 Å². The summed E-state index contributed by atoms with van der Waals surface area (Å²) in [6.07, 6.45) is 10.4. The zero-order valence-corrected chi connectivity index (χ0v) is 22.0. The third kappa shape index (κ3) is 3.20. The lowest BCUT2D eigenvalue weighted by molar-refractivity contribution is -0.212. The van der Waals surface area contributed by atoms with Crippen LogP contribution in [-0.4, -0.2) is 29.1 Å². The second-order valence-electron chi connectivity index (χ2n) is 12.8. The fourth-order valence-corrected chi connectivity index (χ4v) is 8.96. The predicted molar refractivity (Wildman–Crippen MR) is 140 cm³/mol. The molecule has 4 aliphatic carbocycles. The Morgan fingerprint density at radius 1 is 1.08 bits per heavy atom. The molecule has 1 aromatic carbocycles. The molecule has 0 amide bonds. The average molecular weight is 487 g/mol. The van der Waals surface area contributed by atoms with E-state index < -0.39 is 11.4 Å². The number of rotatable bonds is 3. The summed E-state index contributed by atoms with van der Waals surface area (Å²) >= 11 is 0. The van der Waals surface area contributed by atoms with Crippen molar-refractivity contribution in [3.8, 4) is 0 Å². The number of allylic oxidation sites excluding steroid dienone is 2. The van der Waals surface area contributed by atoms with Crippen molar-refractivity contribution in [1.82, 2.24) is 0 Å². The Bertz CT molecular complexity index is 1190. The van der Waals surface area contributed by atoms with Crippen LogP contribution in [0.3, 0.4) is 0 Å². The molecule has 0 unspecified atom stereocenters. The van der Waals surface area contributed by atoms with Crippen LogP contribution < -0.4 is 0 Å². The van der Waals surface area contributed by atoms with Gasteiger partial charge in [0.25, 0.3) is 0 Å². The molecule has 36 heavy (non-hydrogen) atoms. The standard InChI is InChI=1S/C32H38O4/c1-20-17-23-24(30(4)15-13-22(33)18-25(20)30)14-16-31(5)26(23)19-28-32(31,36-29(2,3)35-28)27(34)12-11-21-9-7-6-8-10-21/h6-12,18,23-24,26,28H,1,13-17,19H2,2-5H3/b12-11+/t23-,24+,26+,28+,30-,31+,32-/m1/s1. The van der Waals surface area contributed by atoms with Gasteiger partial charge in [-0.1, -0.05) is 62.4 Å².